The van der Waals surface area contributed by atoms with Gasteiger partial charge in [0.15, 0.2) is 0 Å². The van der Waals surface area contributed by atoms with Crippen LogP contribution in [0.15, 0.2) is 47.4 Å². The number of amides is 1. The van der Waals surface area contributed by atoms with E-state index in [9.17, 15) is 9.59 Å². The number of aromatic nitrogens is 2. The highest BCUT2D eigenvalue weighted by Crippen LogP contribution is 2.23. The maximum Gasteiger partial charge on any atom is 0.268 e. The van der Waals surface area contributed by atoms with Crippen LogP contribution >= 0.6 is 0 Å². The van der Waals surface area contributed by atoms with Crippen LogP contribution in [0.4, 0.5) is 5.69 Å². The molecule has 6 heteroatoms. The van der Waals surface area contributed by atoms with E-state index in [1.807, 2.05) is 42.3 Å². The van der Waals surface area contributed by atoms with Crippen molar-refractivity contribution in [2.24, 2.45) is 13.0 Å². The number of aryl methyl sites for hydroxylation is 1. The molecule has 25 heavy (non-hydrogen) atoms. The molecule has 1 aromatic carbocycles. The topological polar surface area (TPSA) is 58.4 Å². The Hall–Kier alpha value is -2.63. The average molecular weight is 340 g/mol. The summed E-state index contributed by atoms with van der Waals surface area (Å²) in [6.45, 7) is 2.17. The molecule has 0 aliphatic carbocycles. The second kappa shape index (κ2) is 7.51. The van der Waals surface area contributed by atoms with Crippen molar-refractivity contribution in [1.29, 1.82) is 0 Å². The van der Waals surface area contributed by atoms with Crippen molar-refractivity contribution in [2.75, 3.05) is 25.0 Å². The first-order chi connectivity index (χ1) is 12.0. The molecule has 0 bridgehead atoms. The molecule has 0 unspecified atom stereocenters. The number of carbonyl (C=O) groups excluding carboxylic acids is 1. The summed E-state index contributed by atoms with van der Waals surface area (Å²) in [7, 11) is 3.51. The van der Waals surface area contributed by atoms with Crippen molar-refractivity contribution in [1.82, 2.24) is 14.7 Å². The normalized spacial score (nSPS) is 15.2. The second-order valence-electron chi connectivity index (χ2n) is 6.62. The third kappa shape index (κ3) is 4.07. The van der Waals surface area contributed by atoms with Crippen LogP contribution in [0.25, 0.3) is 0 Å². The van der Waals surface area contributed by atoms with Crippen LogP contribution in [0.3, 0.4) is 0 Å². The van der Waals surface area contributed by atoms with Gasteiger partial charge in [-0.05, 0) is 18.4 Å². The maximum absolute atomic E-state index is 12.7. The lowest BCUT2D eigenvalue weighted by Crippen LogP contribution is -2.41. The van der Waals surface area contributed by atoms with Crippen LogP contribution in [0.5, 0.6) is 0 Å². The number of piperidine rings is 1. The Bertz CT molecular complexity index is 780. The summed E-state index contributed by atoms with van der Waals surface area (Å²) < 4.78 is 1.32. The number of hydrogen-bond acceptors (Lipinski definition) is 4. The predicted molar refractivity (Wildman–Crippen MR) is 97.3 cm³/mol. The van der Waals surface area contributed by atoms with Gasteiger partial charge in [0, 0.05) is 45.7 Å². The Labute approximate surface area is 147 Å². The Morgan fingerprint density at radius 3 is 2.56 bits per heavy atom. The van der Waals surface area contributed by atoms with E-state index in [0.29, 0.717) is 6.54 Å². The Morgan fingerprint density at radius 2 is 1.92 bits per heavy atom. The van der Waals surface area contributed by atoms with E-state index in [1.165, 1.54) is 4.68 Å². The Morgan fingerprint density at radius 1 is 1.24 bits per heavy atom. The predicted octanol–water partition coefficient (Wildman–Crippen LogP) is 1.66. The molecule has 0 atom stereocenters. The molecule has 0 saturated carbocycles. The first kappa shape index (κ1) is 17.2. The minimum atomic E-state index is -0.113. The molecular formula is C19H24N4O2. The average Bonchev–Trinajstić information content (AvgIpc) is 2.64. The van der Waals surface area contributed by atoms with Crippen LogP contribution in [0.2, 0.25) is 0 Å². The molecule has 1 aliphatic rings. The number of rotatable bonds is 4. The number of nitrogens with zero attached hydrogens (tertiary/aromatic N) is 4. The van der Waals surface area contributed by atoms with Gasteiger partial charge in [-0.15, -0.1) is 0 Å². The minimum Gasteiger partial charge on any atom is -0.370 e. The van der Waals surface area contributed by atoms with Crippen molar-refractivity contribution in [3.05, 3.63) is 58.5 Å². The number of hydrogen-bond donors (Lipinski definition) is 0. The van der Waals surface area contributed by atoms with Crippen molar-refractivity contribution in [3.8, 4) is 0 Å². The molecule has 0 radical (unpaired) electrons. The Kier molecular flexibility index (Phi) is 5.16. The number of benzene rings is 1. The monoisotopic (exact) mass is 340 g/mol. The summed E-state index contributed by atoms with van der Waals surface area (Å²) in [5.41, 5.74) is 1.87. The van der Waals surface area contributed by atoms with Gasteiger partial charge in [-0.3, -0.25) is 9.59 Å². The SMILES string of the molecule is CN(Cc1ccccc1)C(=O)C1CCN(c2cnn(C)c(=O)c2)CC1. The molecule has 1 aliphatic heterocycles. The summed E-state index contributed by atoms with van der Waals surface area (Å²) in [5, 5.41) is 4.07. The third-order valence-corrected chi connectivity index (χ3v) is 4.80. The van der Waals surface area contributed by atoms with Gasteiger partial charge >= 0.3 is 0 Å². The standard InChI is InChI=1S/C19H24N4O2/c1-21(14-15-6-4-3-5-7-15)19(25)16-8-10-23(11-9-16)17-12-18(24)22(2)20-13-17/h3-7,12-13,16H,8-11,14H2,1-2H3. The lowest BCUT2D eigenvalue weighted by Gasteiger charge is -2.34. The first-order valence-electron chi connectivity index (χ1n) is 8.62. The highest BCUT2D eigenvalue weighted by atomic mass is 16.2. The summed E-state index contributed by atoms with van der Waals surface area (Å²) in [6.07, 6.45) is 3.31. The third-order valence-electron chi connectivity index (χ3n) is 4.80. The largest absolute Gasteiger partial charge is 0.370 e. The summed E-state index contributed by atoms with van der Waals surface area (Å²) >= 11 is 0. The molecule has 6 nitrogen and oxygen atoms in total. The van der Waals surface area contributed by atoms with E-state index in [4.69, 9.17) is 0 Å². The van der Waals surface area contributed by atoms with Crippen LogP contribution in [0, 0.1) is 5.92 Å². The van der Waals surface area contributed by atoms with Crippen LogP contribution in [0.1, 0.15) is 18.4 Å². The quantitative estimate of drug-likeness (QED) is 0.849. The summed E-state index contributed by atoms with van der Waals surface area (Å²) in [5.74, 6) is 0.245. The van der Waals surface area contributed by atoms with Gasteiger partial charge in [0.2, 0.25) is 5.91 Å². The maximum atomic E-state index is 12.7. The van der Waals surface area contributed by atoms with E-state index in [2.05, 4.69) is 10.00 Å². The van der Waals surface area contributed by atoms with Gasteiger partial charge in [0.05, 0.1) is 11.9 Å². The summed E-state index contributed by atoms with van der Waals surface area (Å²) in [4.78, 5) is 28.4. The molecule has 1 aromatic heterocycles. The molecule has 2 aromatic rings. The molecule has 132 valence electrons. The van der Waals surface area contributed by atoms with Crippen LogP contribution in [-0.2, 0) is 18.4 Å². The fraction of sp³-hybridized carbons (Fsp3) is 0.421. The molecule has 2 heterocycles. The smallest absolute Gasteiger partial charge is 0.268 e. The lowest BCUT2D eigenvalue weighted by molar-refractivity contribution is -0.135. The van der Waals surface area contributed by atoms with Crippen molar-refractivity contribution in [2.45, 2.75) is 19.4 Å². The minimum absolute atomic E-state index is 0.0458. The first-order valence-corrected chi connectivity index (χ1v) is 8.62. The van der Waals surface area contributed by atoms with Gasteiger partial charge in [-0.2, -0.15) is 5.10 Å². The summed E-state index contributed by atoms with van der Waals surface area (Å²) in [6, 6.07) is 11.6. The highest BCUT2D eigenvalue weighted by molar-refractivity contribution is 5.79. The van der Waals surface area contributed by atoms with Crippen molar-refractivity contribution in [3.63, 3.8) is 0 Å². The fourth-order valence-corrected chi connectivity index (χ4v) is 3.26. The zero-order valence-electron chi connectivity index (χ0n) is 14.8. The zero-order chi connectivity index (χ0) is 17.8. The van der Waals surface area contributed by atoms with Gasteiger partial charge in [-0.1, -0.05) is 30.3 Å². The highest BCUT2D eigenvalue weighted by Gasteiger charge is 2.27. The zero-order valence-corrected chi connectivity index (χ0v) is 14.8. The molecule has 0 N–H and O–H groups in total. The second-order valence-corrected chi connectivity index (χ2v) is 6.62. The van der Waals surface area contributed by atoms with Gasteiger partial charge < -0.3 is 9.80 Å². The van der Waals surface area contributed by atoms with E-state index in [1.54, 1.807) is 19.3 Å². The van der Waals surface area contributed by atoms with E-state index in [0.717, 1.165) is 37.2 Å². The van der Waals surface area contributed by atoms with Crippen molar-refractivity contribution >= 4 is 11.6 Å². The molecule has 1 amide bonds. The van der Waals surface area contributed by atoms with Gasteiger partial charge in [0.1, 0.15) is 0 Å². The lowest BCUT2D eigenvalue weighted by atomic mass is 9.95. The number of anilines is 1. The van der Waals surface area contributed by atoms with Gasteiger partial charge in [-0.25, -0.2) is 4.68 Å². The van der Waals surface area contributed by atoms with Crippen LogP contribution in [-0.4, -0.2) is 40.7 Å². The number of carbonyl (C=O) groups is 1. The fourth-order valence-electron chi connectivity index (χ4n) is 3.26. The van der Waals surface area contributed by atoms with Gasteiger partial charge in [0.25, 0.3) is 5.56 Å². The van der Waals surface area contributed by atoms with Crippen molar-refractivity contribution < 1.29 is 4.79 Å². The Balaban J connectivity index is 1.57. The molecule has 0 spiro atoms. The van der Waals surface area contributed by atoms with E-state index < -0.39 is 0 Å². The molecule has 3 rings (SSSR count). The van der Waals surface area contributed by atoms with Crippen LogP contribution < -0.4 is 10.5 Å². The molecular weight excluding hydrogens is 316 g/mol. The molecule has 1 saturated heterocycles. The van der Waals surface area contributed by atoms with E-state index >= 15 is 0 Å². The molecule has 1 fully saturated rings. The van der Waals surface area contributed by atoms with E-state index in [-0.39, 0.29) is 17.4 Å².